The van der Waals surface area contributed by atoms with Crippen LogP contribution in [0.3, 0.4) is 0 Å². The molecular weight excluding hydrogens is 383 g/mol. The van der Waals surface area contributed by atoms with E-state index in [1.54, 1.807) is 38.1 Å². The Bertz CT molecular complexity index is 795. The molecule has 0 bridgehead atoms. The number of allylic oxidation sites excluding steroid dienone is 3. The molecule has 0 aromatic heterocycles. The van der Waals surface area contributed by atoms with Gasteiger partial charge in [-0.1, -0.05) is 25.6 Å². The topological polar surface area (TPSA) is 47.6 Å². The Morgan fingerprint density at radius 3 is 2.45 bits per heavy atom. The van der Waals surface area contributed by atoms with E-state index < -0.39 is 17.7 Å². The number of methoxy groups -OCH3 is 2. The van der Waals surface area contributed by atoms with Gasteiger partial charge < -0.3 is 14.8 Å². The number of hydrogen-bond donors (Lipinski definition) is 1. The average molecular weight is 411 g/mol. The molecule has 1 N–H and O–H groups in total. The Balaban J connectivity index is 3.58. The lowest BCUT2D eigenvalue weighted by Gasteiger charge is -2.23. The highest BCUT2D eigenvalue weighted by molar-refractivity contribution is 5.84. The van der Waals surface area contributed by atoms with E-state index in [1.807, 2.05) is 6.92 Å². The summed E-state index contributed by atoms with van der Waals surface area (Å²) >= 11 is 0. The van der Waals surface area contributed by atoms with Crippen molar-refractivity contribution < 1.29 is 27.4 Å². The normalized spacial score (nSPS) is 13.8. The number of nitrogens with one attached hydrogen (secondary N) is 1. The predicted octanol–water partition coefficient (Wildman–Crippen LogP) is 4.86. The molecule has 0 radical (unpaired) electrons. The number of ether oxygens (including phenoxy) is 2. The van der Waals surface area contributed by atoms with Crippen LogP contribution in [0.25, 0.3) is 5.57 Å². The molecule has 1 unspecified atom stereocenters. The van der Waals surface area contributed by atoms with Crippen LogP contribution in [0, 0.1) is 0 Å². The molecule has 4 nitrogen and oxygen atoms in total. The first-order valence-electron chi connectivity index (χ1n) is 9.20. The van der Waals surface area contributed by atoms with E-state index in [0.717, 1.165) is 6.08 Å². The van der Waals surface area contributed by atoms with E-state index >= 15 is 0 Å². The van der Waals surface area contributed by atoms with E-state index in [4.69, 9.17) is 9.47 Å². The second-order valence-electron chi connectivity index (χ2n) is 6.39. The highest BCUT2D eigenvalue weighted by Gasteiger charge is 2.31. The Kier molecular flexibility index (Phi) is 9.17. The van der Waals surface area contributed by atoms with Crippen molar-refractivity contribution in [3.63, 3.8) is 0 Å². The number of benzene rings is 1. The van der Waals surface area contributed by atoms with Crippen LogP contribution in [0.4, 0.5) is 13.2 Å². The summed E-state index contributed by atoms with van der Waals surface area (Å²) in [6.45, 7) is 9.16. The van der Waals surface area contributed by atoms with Crippen LogP contribution in [-0.4, -0.2) is 39.0 Å². The van der Waals surface area contributed by atoms with Gasteiger partial charge in [-0.15, -0.1) is 0 Å². The lowest BCUT2D eigenvalue weighted by Crippen LogP contribution is -2.28. The molecule has 0 spiro atoms. The third-order valence-electron chi connectivity index (χ3n) is 4.40. The summed E-state index contributed by atoms with van der Waals surface area (Å²) in [5, 5.41) is 3.15. The third kappa shape index (κ3) is 6.78. The Morgan fingerprint density at radius 1 is 1.31 bits per heavy atom. The van der Waals surface area contributed by atoms with Crippen molar-refractivity contribution >= 4 is 11.5 Å². The van der Waals surface area contributed by atoms with Gasteiger partial charge in [0.2, 0.25) is 0 Å². The summed E-state index contributed by atoms with van der Waals surface area (Å²) in [6, 6.07) is 4.76. The Labute approximate surface area is 170 Å². The van der Waals surface area contributed by atoms with Gasteiger partial charge in [-0.25, -0.2) is 0 Å². The van der Waals surface area contributed by atoms with Crippen molar-refractivity contribution in [1.82, 2.24) is 5.32 Å². The SMILES string of the molecule is C=C(/C=C(\C(=C/C)c1cc(CC(=O)OC)ccc1OC)C(C)NCC)C(F)(F)F. The number of rotatable bonds is 9. The van der Waals surface area contributed by atoms with E-state index in [-0.39, 0.29) is 12.5 Å². The first-order chi connectivity index (χ1) is 13.6. The van der Waals surface area contributed by atoms with Crippen molar-refractivity contribution in [2.45, 2.75) is 39.4 Å². The van der Waals surface area contributed by atoms with Gasteiger partial charge in [-0.2, -0.15) is 13.2 Å². The predicted molar refractivity (Wildman–Crippen MR) is 109 cm³/mol. The lowest BCUT2D eigenvalue weighted by atomic mass is 9.89. The number of halogens is 3. The largest absolute Gasteiger partial charge is 0.496 e. The van der Waals surface area contributed by atoms with Crippen LogP contribution in [0.1, 0.15) is 31.9 Å². The van der Waals surface area contributed by atoms with E-state index in [2.05, 4.69) is 11.9 Å². The molecule has 0 amide bonds. The zero-order chi connectivity index (χ0) is 22.2. The molecule has 1 rings (SSSR count). The Hall–Kier alpha value is -2.54. The molecule has 1 aromatic carbocycles. The van der Waals surface area contributed by atoms with Crippen molar-refractivity contribution in [3.05, 3.63) is 59.2 Å². The van der Waals surface area contributed by atoms with E-state index in [1.165, 1.54) is 14.2 Å². The monoisotopic (exact) mass is 411 g/mol. The fourth-order valence-electron chi connectivity index (χ4n) is 2.91. The molecule has 1 aromatic rings. The van der Waals surface area contributed by atoms with Crippen molar-refractivity contribution in [2.75, 3.05) is 20.8 Å². The van der Waals surface area contributed by atoms with Gasteiger partial charge in [0.05, 0.1) is 20.6 Å². The van der Waals surface area contributed by atoms with Crippen LogP contribution in [0.2, 0.25) is 0 Å². The van der Waals surface area contributed by atoms with Gasteiger partial charge in [-0.05, 0) is 55.3 Å². The quantitative estimate of drug-likeness (QED) is 0.466. The highest BCUT2D eigenvalue weighted by atomic mass is 19.4. The molecule has 1 atom stereocenters. The smallest absolute Gasteiger partial charge is 0.415 e. The molecule has 0 aliphatic heterocycles. The molecule has 0 saturated heterocycles. The van der Waals surface area contributed by atoms with Crippen LogP contribution in [-0.2, 0) is 16.0 Å². The highest BCUT2D eigenvalue weighted by Crippen LogP contribution is 2.36. The zero-order valence-electron chi connectivity index (χ0n) is 17.4. The number of alkyl halides is 3. The van der Waals surface area contributed by atoms with Gasteiger partial charge in [-0.3, -0.25) is 4.79 Å². The standard InChI is InChI=1S/C22H28F3NO3/c1-7-17(18(15(4)26-8-2)11-14(3)22(23,24)25)19-12-16(13-21(27)29-6)9-10-20(19)28-5/h7,9-12,15,26H,3,8,13H2,1-2,4-6H3/b17-7+,18-11-. The third-order valence-corrected chi connectivity index (χ3v) is 4.40. The van der Waals surface area contributed by atoms with Gasteiger partial charge >= 0.3 is 12.1 Å². The minimum absolute atomic E-state index is 0.0432. The number of esters is 1. The first-order valence-corrected chi connectivity index (χ1v) is 9.20. The fraction of sp³-hybridized carbons (Fsp3) is 0.409. The van der Waals surface area contributed by atoms with Crippen LogP contribution >= 0.6 is 0 Å². The molecule has 0 saturated carbocycles. The summed E-state index contributed by atoms with van der Waals surface area (Å²) in [6.07, 6.45) is -1.72. The summed E-state index contributed by atoms with van der Waals surface area (Å²) < 4.78 is 49.6. The van der Waals surface area contributed by atoms with Gasteiger partial charge in [0, 0.05) is 17.2 Å². The van der Waals surface area contributed by atoms with E-state index in [0.29, 0.717) is 34.6 Å². The van der Waals surface area contributed by atoms with Crippen molar-refractivity contribution in [1.29, 1.82) is 0 Å². The zero-order valence-corrected chi connectivity index (χ0v) is 17.4. The minimum Gasteiger partial charge on any atom is -0.496 e. The lowest BCUT2D eigenvalue weighted by molar-refractivity contribution is -0.139. The van der Waals surface area contributed by atoms with Crippen LogP contribution in [0.15, 0.2) is 48.1 Å². The molecule has 29 heavy (non-hydrogen) atoms. The maximum atomic E-state index is 13.2. The Morgan fingerprint density at radius 2 is 1.97 bits per heavy atom. The summed E-state index contributed by atoms with van der Waals surface area (Å²) in [5.74, 6) is 0.0734. The van der Waals surface area contributed by atoms with Gasteiger partial charge in [0.15, 0.2) is 0 Å². The molecule has 7 heteroatoms. The average Bonchev–Trinajstić information content (AvgIpc) is 2.67. The number of hydrogen-bond acceptors (Lipinski definition) is 4. The summed E-state index contributed by atoms with van der Waals surface area (Å²) in [4.78, 5) is 11.6. The molecule has 0 heterocycles. The number of likely N-dealkylation sites (N-methyl/N-ethyl adjacent to an activating group) is 1. The summed E-state index contributed by atoms with van der Waals surface area (Å²) in [7, 11) is 2.78. The summed E-state index contributed by atoms with van der Waals surface area (Å²) in [5.41, 5.74) is 1.29. The molecule has 0 aliphatic carbocycles. The second-order valence-corrected chi connectivity index (χ2v) is 6.39. The molecule has 0 aliphatic rings. The maximum absolute atomic E-state index is 13.2. The van der Waals surface area contributed by atoms with Gasteiger partial charge in [0.25, 0.3) is 0 Å². The molecule has 160 valence electrons. The maximum Gasteiger partial charge on any atom is 0.415 e. The van der Waals surface area contributed by atoms with Gasteiger partial charge in [0.1, 0.15) is 5.75 Å². The fourth-order valence-corrected chi connectivity index (χ4v) is 2.91. The van der Waals surface area contributed by atoms with E-state index in [9.17, 15) is 18.0 Å². The second kappa shape index (κ2) is 10.9. The van der Waals surface area contributed by atoms with Crippen LogP contribution < -0.4 is 10.1 Å². The first kappa shape index (κ1) is 24.5. The number of carbonyl (C=O) groups excluding carboxylic acids is 1. The molecular formula is C22H28F3NO3. The number of carbonyl (C=O) groups is 1. The van der Waals surface area contributed by atoms with Crippen molar-refractivity contribution in [3.8, 4) is 5.75 Å². The minimum atomic E-state index is -4.53. The molecule has 0 fully saturated rings. The van der Waals surface area contributed by atoms with Crippen molar-refractivity contribution in [2.24, 2.45) is 0 Å². The van der Waals surface area contributed by atoms with Crippen LogP contribution in [0.5, 0.6) is 5.75 Å².